The lowest BCUT2D eigenvalue weighted by molar-refractivity contribution is -0.136. The highest BCUT2D eigenvalue weighted by Gasteiger charge is 2.23. The number of hydrogen-bond donors (Lipinski definition) is 4. The van der Waals surface area contributed by atoms with Crippen molar-refractivity contribution in [2.75, 3.05) is 5.32 Å². The second-order valence-electron chi connectivity index (χ2n) is 5.52. The summed E-state index contributed by atoms with van der Waals surface area (Å²) in [6.45, 7) is 0. The quantitative estimate of drug-likeness (QED) is 0.283. The first-order valence-corrected chi connectivity index (χ1v) is 8.87. The fourth-order valence-electron chi connectivity index (χ4n) is 2.41. The van der Waals surface area contributed by atoms with E-state index >= 15 is 0 Å². The maximum atomic E-state index is 12.3. The lowest BCUT2D eigenvalue weighted by Crippen LogP contribution is -2.18. The molecule has 1 atom stereocenters. The molecule has 2 aromatic carbocycles. The number of aromatic nitrogens is 2. The summed E-state index contributed by atoms with van der Waals surface area (Å²) in [6, 6.07) is 17.8. The predicted octanol–water partition coefficient (Wildman–Crippen LogP) is 3.43. The van der Waals surface area contributed by atoms with E-state index in [2.05, 4.69) is 15.3 Å². The van der Waals surface area contributed by atoms with E-state index in [1.54, 1.807) is 42.5 Å². The summed E-state index contributed by atoms with van der Waals surface area (Å²) in [5, 5.41) is 19.3. The average molecular weight is 380 g/mol. The number of aromatic amines is 1. The van der Waals surface area contributed by atoms with E-state index < -0.39 is 16.8 Å². The maximum Gasteiger partial charge on any atom is 0.321 e. The Labute approximate surface area is 159 Å². The summed E-state index contributed by atoms with van der Waals surface area (Å²) in [5.74, 6) is -0.845. The smallest absolute Gasteiger partial charge is 0.321 e. The van der Waals surface area contributed by atoms with E-state index in [0.717, 1.165) is 18.0 Å². The highest BCUT2D eigenvalue weighted by atomic mass is 32.2. The molecule has 0 aliphatic heterocycles. The zero-order valence-electron chi connectivity index (χ0n) is 14.0. The van der Waals surface area contributed by atoms with Gasteiger partial charge >= 0.3 is 5.97 Å². The fraction of sp³-hybridized carbons (Fsp3) is 0.0526. The molecule has 0 aliphatic rings. The van der Waals surface area contributed by atoms with Gasteiger partial charge in [-0.25, -0.2) is 4.98 Å². The van der Waals surface area contributed by atoms with Gasteiger partial charge in [0.25, 0.3) is 5.56 Å². The molecule has 0 fully saturated rings. The molecule has 0 bridgehead atoms. The first-order chi connectivity index (χ1) is 13.1. The maximum absolute atomic E-state index is 12.3. The molecule has 1 unspecified atom stereocenters. The minimum atomic E-state index is -1.04. The van der Waals surface area contributed by atoms with Gasteiger partial charge in [0, 0.05) is 11.9 Å². The number of anilines is 2. The molecule has 7 nitrogen and oxygen atoms in total. The standard InChI is InChI=1S/C19H16N4O3S/c20-11-14-16(21-13-9-5-2-6-10-13)22-19(23-17(14)24)27-15(18(25)26)12-7-3-1-4-8-12/h1-11,15,20H,(H,25,26)(H2,21,22,23,24). The van der Waals surface area contributed by atoms with Crippen molar-refractivity contribution in [1.82, 2.24) is 9.97 Å². The predicted molar refractivity (Wildman–Crippen MR) is 105 cm³/mol. The van der Waals surface area contributed by atoms with Crippen LogP contribution in [0.4, 0.5) is 11.5 Å². The summed E-state index contributed by atoms with van der Waals surface area (Å²) < 4.78 is 0. The molecule has 8 heteroatoms. The zero-order chi connectivity index (χ0) is 19.2. The average Bonchev–Trinajstić information content (AvgIpc) is 2.67. The minimum absolute atomic E-state index is 0.0646. The largest absolute Gasteiger partial charge is 0.480 e. The van der Waals surface area contributed by atoms with Gasteiger partial charge in [0.1, 0.15) is 16.6 Å². The Morgan fingerprint density at radius 2 is 1.78 bits per heavy atom. The number of carboxylic acid groups (broad SMARTS) is 1. The van der Waals surface area contributed by atoms with E-state index in [-0.39, 0.29) is 16.5 Å². The molecule has 1 aromatic heterocycles. The van der Waals surface area contributed by atoms with Crippen LogP contribution in [0.2, 0.25) is 0 Å². The molecule has 3 rings (SSSR count). The first-order valence-electron chi connectivity index (χ1n) is 7.99. The SMILES string of the molecule is N=Cc1c(Nc2ccccc2)nc(SC(C(=O)O)c2ccccc2)[nH]c1=O. The van der Waals surface area contributed by atoms with E-state index in [1.807, 2.05) is 18.2 Å². The molecule has 4 N–H and O–H groups in total. The van der Waals surface area contributed by atoms with Crippen molar-refractivity contribution >= 4 is 35.5 Å². The van der Waals surface area contributed by atoms with E-state index in [4.69, 9.17) is 5.41 Å². The number of benzene rings is 2. The molecule has 27 heavy (non-hydrogen) atoms. The van der Waals surface area contributed by atoms with Gasteiger partial charge in [-0.2, -0.15) is 0 Å². The molecule has 0 aliphatic carbocycles. The van der Waals surface area contributed by atoms with Crippen molar-refractivity contribution in [3.8, 4) is 0 Å². The topological polar surface area (TPSA) is 119 Å². The van der Waals surface area contributed by atoms with Gasteiger partial charge in [-0.15, -0.1) is 0 Å². The summed E-state index contributed by atoms with van der Waals surface area (Å²) in [4.78, 5) is 30.9. The van der Waals surface area contributed by atoms with Crippen LogP contribution in [0.3, 0.4) is 0 Å². The van der Waals surface area contributed by atoms with Crippen LogP contribution < -0.4 is 10.9 Å². The van der Waals surface area contributed by atoms with Gasteiger partial charge in [0.15, 0.2) is 5.16 Å². The van der Waals surface area contributed by atoms with Gasteiger partial charge in [-0.1, -0.05) is 60.3 Å². The van der Waals surface area contributed by atoms with Crippen molar-refractivity contribution in [2.24, 2.45) is 0 Å². The Bertz CT molecular complexity index is 1010. The second kappa shape index (κ2) is 8.33. The number of carbonyl (C=O) groups is 1. The highest BCUT2D eigenvalue weighted by Crippen LogP contribution is 2.33. The van der Waals surface area contributed by atoms with Crippen LogP contribution in [0.5, 0.6) is 0 Å². The van der Waals surface area contributed by atoms with Crippen molar-refractivity contribution in [3.05, 3.63) is 82.1 Å². The Balaban J connectivity index is 1.97. The monoisotopic (exact) mass is 380 g/mol. The number of thioether (sulfide) groups is 1. The van der Waals surface area contributed by atoms with E-state index in [0.29, 0.717) is 11.3 Å². The molecule has 0 saturated carbocycles. The summed E-state index contributed by atoms with van der Waals surface area (Å²) >= 11 is 0.927. The Hall–Kier alpha value is -3.39. The van der Waals surface area contributed by atoms with Crippen molar-refractivity contribution in [2.45, 2.75) is 10.4 Å². The number of H-pyrrole nitrogens is 1. The number of rotatable bonds is 7. The normalized spacial score (nSPS) is 11.6. The third kappa shape index (κ3) is 4.42. The Kier molecular flexibility index (Phi) is 5.68. The number of hydrogen-bond acceptors (Lipinski definition) is 6. The molecule has 0 radical (unpaired) electrons. The van der Waals surface area contributed by atoms with Crippen LogP contribution in [0.1, 0.15) is 16.4 Å². The van der Waals surface area contributed by atoms with Crippen LogP contribution in [0.25, 0.3) is 0 Å². The van der Waals surface area contributed by atoms with E-state index in [1.165, 1.54) is 0 Å². The number of para-hydroxylation sites is 1. The molecule has 3 aromatic rings. The van der Waals surface area contributed by atoms with Gasteiger partial charge in [-0.05, 0) is 17.7 Å². The molecule has 136 valence electrons. The van der Waals surface area contributed by atoms with Gasteiger partial charge < -0.3 is 20.8 Å². The van der Waals surface area contributed by atoms with Crippen LogP contribution in [0, 0.1) is 5.41 Å². The number of aliphatic carboxylic acids is 1. The molecule has 1 heterocycles. The summed E-state index contributed by atoms with van der Waals surface area (Å²) in [7, 11) is 0. The molecular formula is C19H16N4O3S. The molecule has 0 spiro atoms. The van der Waals surface area contributed by atoms with Gasteiger partial charge in [0.2, 0.25) is 0 Å². The van der Waals surface area contributed by atoms with Crippen molar-refractivity contribution in [3.63, 3.8) is 0 Å². The summed E-state index contributed by atoms with van der Waals surface area (Å²) in [5.41, 5.74) is 0.840. The van der Waals surface area contributed by atoms with Gasteiger partial charge in [-0.3, -0.25) is 9.59 Å². The zero-order valence-corrected chi connectivity index (χ0v) is 14.9. The lowest BCUT2D eigenvalue weighted by atomic mass is 10.1. The van der Waals surface area contributed by atoms with Crippen molar-refractivity contribution in [1.29, 1.82) is 5.41 Å². The molecule has 0 amide bonds. The Morgan fingerprint density at radius 1 is 1.15 bits per heavy atom. The first kappa shape index (κ1) is 18.4. The number of nitrogens with zero attached hydrogens (tertiary/aromatic N) is 1. The Morgan fingerprint density at radius 3 is 2.37 bits per heavy atom. The third-order valence-corrected chi connectivity index (χ3v) is 4.80. The summed E-state index contributed by atoms with van der Waals surface area (Å²) in [6.07, 6.45) is 0.914. The number of nitrogens with one attached hydrogen (secondary N) is 3. The van der Waals surface area contributed by atoms with Gasteiger partial charge in [0.05, 0.1) is 0 Å². The van der Waals surface area contributed by atoms with E-state index in [9.17, 15) is 14.7 Å². The van der Waals surface area contributed by atoms with Crippen LogP contribution in [-0.2, 0) is 4.79 Å². The van der Waals surface area contributed by atoms with Crippen LogP contribution in [-0.4, -0.2) is 27.3 Å². The molecular weight excluding hydrogens is 364 g/mol. The third-order valence-electron chi connectivity index (χ3n) is 3.67. The lowest BCUT2D eigenvalue weighted by Gasteiger charge is -2.13. The fourth-order valence-corrected chi connectivity index (χ4v) is 3.32. The molecule has 0 saturated heterocycles. The number of carboxylic acids is 1. The van der Waals surface area contributed by atoms with Crippen LogP contribution >= 0.6 is 11.8 Å². The van der Waals surface area contributed by atoms with Crippen LogP contribution in [0.15, 0.2) is 70.6 Å². The van der Waals surface area contributed by atoms with Crippen molar-refractivity contribution < 1.29 is 9.90 Å². The minimum Gasteiger partial charge on any atom is -0.480 e. The highest BCUT2D eigenvalue weighted by molar-refractivity contribution is 8.00. The second-order valence-corrected chi connectivity index (χ2v) is 6.61.